The first-order valence-corrected chi connectivity index (χ1v) is 10.3. The van der Waals surface area contributed by atoms with Crippen LogP contribution in [0, 0.1) is 6.92 Å². The van der Waals surface area contributed by atoms with Crippen LogP contribution >= 0.6 is 11.6 Å². The van der Waals surface area contributed by atoms with Gasteiger partial charge in [0.1, 0.15) is 0 Å². The Morgan fingerprint density at radius 1 is 1.11 bits per heavy atom. The summed E-state index contributed by atoms with van der Waals surface area (Å²) >= 11 is 5.56. The molecule has 1 N–H and O–H groups in total. The number of sulfonamides is 1. The van der Waals surface area contributed by atoms with E-state index in [-0.39, 0.29) is 0 Å². The second-order valence-corrected chi connectivity index (χ2v) is 8.43. The number of benzene rings is 2. The Morgan fingerprint density at radius 2 is 1.79 bits per heavy atom. The normalized spacial score (nSPS) is 15.5. The van der Waals surface area contributed by atoms with E-state index in [2.05, 4.69) is 9.62 Å². The molecule has 10 heteroatoms. The lowest BCUT2D eigenvalue weighted by atomic mass is 10.1. The zero-order valence-electron chi connectivity index (χ0n) is 14.9. The van der Waals surface area contributed by atoms with Crippen LogP contribution < -0.4 is 9.62 Å². The van der Waals surface area contributed by atoms with E-state index in [1.54, 1.807) is 19.1 Å². The number of hydrogen-bond acceptors (Lipinski definition) is 4. The van der Waals surface area contributed by atoms with Gasteiger partial charge in [-0.15, -0.1) is 0 Å². The molecule has 0 bridgehead atoms. The Hall–Kier alpha value is -1.97. The van der Waals surface area contributed by atoms with Gasteiger partial charge in [0.15, 0.2) is 0 Å². The summed E-state index contributed by atoms with van der Waals surface area (Å²) in [5.74, 6) is 0. The summed E-state index contributed by atoms with van der Waals surface area (Å²) in [6.45, 7) is 4.42. The Morgan fingerprint density at radius 3 is 2.39 bits per heavy atom. The van der Waals surface area contributed by atoms with Crippen molar-refractivity contribution in [3.8, 4) is 0 Å². The minimum Gasteiger partial charge on any atom is -0.378 e. The highest BCUT2D eigenvalue weighted by Crippen LogP contribution is 2.36. The molecule has 0 aliphatic carbocycles. The molecule has 0 atom stereocenters. The van der Waals surface area contributed by atoms with E-state index in [1.807, 2.05) is 6.07 Å². The number of morpholine rings is 1. The van der Waals surface area contributed by atoms with Gasteiger partial charge in [0.25, 0.3) is 10.0 Å². The van der Waals surface area contributed by atoms with Gasteiger partial charge in [-0.05, 0) is 48.9 Å². The monoisotopic (exact) mass is 434 g/mol. The van der Waals surface area contributed by atoms with Gasteiger partial charge in [0.2, 0.25) is 0 Å². The molecule has 1 aliphatic rings. The number of aryl methyl sites for hydroxylation is 1. The van der Waals surface area contributed by atoms with Gasteiger partial charge in [0.05, 0.1) is 34.4 Å². The quantitative estimate of drug-likeness (QED) is 0.779. The highest BCUT2D eigenvalue weighted by molar-refractivity contribution is 7.92. The minimum atomic E-state index is -4.75. The van der Waals surface area contributed by atoms with Crippen molar-refractivity contribution in [2.24, 2.45) is 0 Å². The first kappa shape index (κ1) is 20.8. The lowest BCUT2D eigenvalue weighted by molar-refractivity contribution is -0.137. The summed E-state index contributed by atoms with van der Waals surface area (Å²) in [5.41, 5.74) is 0.670. The molecule has 0 amide bonds. The van der Waals surface area contributed by atoms with Crippen molar-refractivity contribution in [3.63, 3.8) is 0 Å². The maximum Gasteiger partial charge on any atom is 0.417 e. The van der Waals surface area contributed by atoms with Gasteiger partial charge in [0, 0.05) is 18.8 Å². The lowest BCUT2D eigenvalue weighted by Crippen LogP contribution is -2.36. The number of halogens is 4. The Labute approximate surface area is 166 Å². The van der Waals surface area contributed by atoms with Crippen molar-refractivity contribution in [2.45, 2.75) is 18.0 Å². The molecule has 2 aromatic carbocycles. The second-order valence-electron chi connectivity index (χ2n) is 6.34. The van der Waals surface area contributed by atoms with E-state index >= 15 is 0 Å². The molecule has 152 valence electrons. The second kappa shape index (κ2) is 7.81. The lowest BCUT2D eigenvalue weighted by Gasteiger charge is -2.29. The average Bonchev–Trinajstić information content (AvgIpc) is 2.63. The molecular weight excluding hydrogens is 417 g/mol. The minimum absolute atomic E-state index is 0.292. The molecule has 1 heterocycles. The molecule has 0 unspecified atom stereocenters. The summed E-state index contributed by atoms with van der Waals surface area (Å²) in [7, 11) is -4.22. The standard InChI is InChI=1S/C18H18ClF3N2O3S/c1-12-10-13(24-6-8-27-9-7-24)2-5-17(12)23-28(25,26)14-3-4-16(19)15(11-14)18(20,21)22/h2-5,10-11,23H,6-9H2,1H3. The third-order valence-electron chi connectivity index (χ3n) is 4.38. The molecule has 0 radical (unpaired) electrons. The van der Waals surface area contributed by atoms with Gasteiger partial charge >= 0.3 is 6.18 Å². The summed E-state index contributed by atoms with van der Waals surface area (Å²) < 4.78 is 71.9. The van der Waals surface area contributed by atoms with Crippen LogP contribution in [0.15, 0.2) is 41.3 Å². The van der Waals surface area contributed by atoms with E-state index in [0.29, 0.717) is 30.5 Å². The maximum absolute atomic E-state index is 13.0. The molecule has 5 nitrogen and oxygen atoms in total. The first-order valence-electron chi connectivity index (χ1n) is 8.41. The molecule has 1 fully saturated rings. The molecular formula is C18H18ClF3N2O3S. The van der Waals surface area contributed by atoms with E-state index < -0.39 is 31.7 Å². The number of rotatable bonds is 4. The zero-order valence-corrected chi connectivity index (χ0v) is 16.5. The number of nitrogens with zero attached hydrogens (tertiary/aromatic N) is 1. The molecule has 3 rings (SSSR count). The van der Waals surface area contributed by atoms with E-state index in [9.17, 15) is 21.6 Å². The van der Waals surface area contributed by atoms with Crippen molar-refractivity contribution in [1.29, 1.82) is 0 Å². The highest BCUT2D eigenvalue weighted by atomic mass is 35.5. The summed E-state index contributed by atoms with van der Waals surface area (Å²) in [4.78, 5) is 1.60. The smallest absolute Gasteiger partial charge is 0.378 e. The topological polar surface area (TPSA) is 58.6 Å². The third kappa shape index (κ3) is 4.53. The predicted octanol–water partition coefficient (Wildman–Crippen LogP) is 4.30. The average molecular weight is 435 g/mol. The molecule has 1 aliphatic heterocycles. The number of hydrogen-bond donors (Lipinski definition) is 1. The van der Waals surface area contributed by atoms with Crippen molar-refractivity contribution in [1.82, 2.24) is 0 Å². The van der Waals surface area contributed by atoms with Crippen LogP contribution in [0.5, 0.6) is 0 Å². The first-order chi connectivity index (χ1) is 13.1. The Bertz CT molecular complexity index is 975. The van der Waals surface area contributed by atoms with E-state index in [1.165, 1.54) is 0 Å². The molecule has 0 aromatic heterocycles. The zero-order chi connectivity index (χ0) is 20.5. The fourth-order valence-corrected chi connectivity index (χ4v) is 4.25. The van der Waals surface area contributed by atoms with E-state index in [4.69, 9.17) is 16.3 Å². The van der Waals surface area contributed by atoms with Gasteiger partial charge in [-0.2, -0.15) is 13.2 Å². The van der Waals surface area contributed by atoms with Crippen LogP contribution in [0.25, 0.3) is 0 Å². The molecule has 2 aromatic rings. The number of alkyl halides is 3. The third-order valence-corrected chi connectivity index (χ3v) is 6.08. The number of ether oxygens (including phenoxy) is 1. The van der Waals surface area contributed by atoms with Gasteiger partial charge in [-0.1, -0.05) is 11.6 Å². The summed E-state index contributed by atoms with van der Waals surface area (Å²) in [5, 5.41) is -0.558. The van der Waals surface area contributed by atoms with Crippen LogP contribution in [0.3, 0.4) is 0 Å². The fraction of sp³-hybridized carbons (Fsp3) is 0.333. The largest absolute Gasteiger partial charge is 0.417 e. The van der Waals surface area contributed by atoms with Crippen molar-refractivity contribution in [3.05, 3.63) is 52.5 Å². The number of nitrogens with one attached hydrogen (secondary N) is 1. The molecule has 0 saturated carbocycles. The van der Waals surface area contributed by atoms with Crippen molar-refractivity contribution < 1.29 is 26.3 Å². The van der Waals surface area contributed by atoms with E-state index in [0.717, 1.165) is 30.9 Å². The van der Waals surface area contributed by atoms with Gasteiger partial charge < -0.3 is 9.64 Å². The van der Waals surface area contributed by atoms with Crippen molar-refractivity contribution in [2.75, 3.05) is 35.9 Å². The van der Waals surface area contributed by atoms with Crippen LogP contribution in [0.2, 0.25) is 5.02 Å². The summed E-state index contributed by atoms with van der Waals surface area (Å²) in [6.07, 6.45) is -4.75. The Kier molecular flexibility index (Phi) is 5.79. The maximum atomic E-state index is 13.0. The molecule has 0 spiro atoms. The van der Waals surface area contributed by atoms with Crippen LogP contribution in [0.4, 0.5) is 24.5 Å². The van der Waals surface area contributed by atoms with Crippen LogP contribution in [-0.2, 0) is 20.9 Å². The Balaban J connectivity index is 1.86. The SMILES string of the molecule is Cc1cc(N2CCOCC2)ccc1NS(=O)(=O)c1ccc(Cl)c(C(F)(F)F)c1. The van der Waals surface area contributed by atoms with Gasteiger partial charge in [-0.25, -0.2) is 8.42 Å². The molecule has 1 saturated heterocycles. The van der Waals surface area contributed by atoms with Crippen LogP contribution in [0.1, 0.15) is 11.1 Å². The fourth-order valence-electron chi connectivity index (χ4n) is 2.87. The highest BCUT2D eigenvalue weighted by Gasteiger charge is 2.34. The molecule has 28 heavy (non-hydrogen) atoms. The number of anilines is 2. The summed E-state index contributed by atoms with van der Waals surface area (Å²) in [6, 6.07) is 7.68. The van der Waals surface area contributed by atoms with Crippen molar-refractivity contribution >= 4 is 33.0 Å². The van der Waals surface area contributed by atoms with Gasteiger partial charge in [-0.3, -0.25) is 4.72 Å². The predicted molar refractivity (Wildman–Crippen MR) is 101 cm³/mol. The van der Waals surface area contributed by atoms with Crippen LogP contribution in [-0.4, -0.2) is 34.7 Å².